The molecule has 4 N–H and O–H groups in total. The third kappa shape index (κ3) is 5.31. The molecule has 0 bridgehead atoms. The largest absolute Gasteiger partial charge is 0.489 e. The number of urea groups is 1. The Bertz CT molecular complexity index is 990. The Kier molecular flexibility index (Phi) is 5.86. The van der Waals surface area contributed by atoms with Crippen molar-refractivity contribution in [3.63, 3.8) is 0 Å². The van der Waals surface area contributed by atoms with Crippen LogP contribution >= 0.6 is 0 Å². The molecule has 0 heterocycles. The Labute approximate surface area is 161 Å². The molecule has 0 aliphatic heterocycles. The summed E-state index contributed by atoms with van der Waals surface area (Å²) in [6.45, 7) is 0.237. The first-order valence-corrected chi connectivity index (χ1v) is 8.45. The maximum absolute atomic E-state index is 13.2. The fourth-order valence-corrected chi connectivity index (χ4v) is 2.51. The molecule has 3 aromatic rings. The molecule has 3 amide bonds. The summed E-state index contributed by atoms with van der Waals surface area (Å²) >= 11 is 0. The number of halogens is 1. The van der Waals surface area contributed by atoms with Crippen LogP contribution in [0.5, 0.6) is 5.75 Å². The molecule has 0 saturated carbocycles. The van der Waals surface area contributed by atoms with E-state index in [0.29, 0.717) is 22.7 Å². The maximum Gasteiger partial charge on any atom is 0.316 e. The molecule has 0 fully saturated rings. The van der Waals surface area contributed by atoms with Gasteiger partial charge in [-0.3, -0.25) is 4.79 Å². The zero-order valence-electron chi connectivity index (χ0n) is 14.8. The van der Waals surface area contributed by atoms with E-state index >= 15 is 0 Å². The van der Waals surface area contributed by atoms with E-state index in [0.717, 1.165) is 5.56 Å². The summed E-state index contributed by atoms with van der Waals surface area (Å²) < 4.78 is 18.8. The van der Waals surface area contributed by atoms with Crippen molar-refractivity contribution >= 4 is 23.3 Å². The molecule has 3 rings (SSSR count). The Morgan fingerprint density at radius 3 is 2.36 bits per heavy atom. The number of primary amides is 1. The van der Waals surface area contributed by atoms with Gasteiger partial charge in [-0.15, -0.1) is 0 Å². The van der Waals surface area contributed by atoms with Crippen molar-refractivity contribution in [1.29, 1.82) is 0 Å². The van der Waals surface area contributed by atoms with Crippen molar-refractivity contribution in [1.82, 2.24) is 0 Å². The summed E-state index contributed by atoms with van der Waals surface area (Å²) in [5, 5.41) is 5.23. The number of nitrogens with two attached hydrogens (primary N) is 1. The molecule has 6 nitrogen and oxygen atoms in total. The van der Waals surface area contributed by atoms with Crippen LogP contribution in [-0.4, -0.2) is 11.9 Å². The molecular weight excluding hydrogens is 361 g/mol. The lowest BCUT2D eigenvalue weighted by Crippen LogP contribution is -2.19. The van der Waals surface area contributed by atoms with Gasteiger partial charge in [0, 0.05) is 23.0 Å². The Morgan fingerprint density at radius 1 is 0.893 bits per heavy atom. The van der Waals surface area contributed by atoms with Gasteiger partial charge < -0.3 is 21.1 Å². The highest BCUT2D eigenvalue weighted by Crippen LogP contribution is 2.17. The van der Waals surface area contributed by atoms with Crippen molar-refractivity contribution in [3.8, 4) is 5.75 Å². The van der Waals surface area contributed by atoms with E-state index in [9.17, 15) is 14.0 Å². The zero-order valence-corrected chi connectivity index (χ0v) is 14.8. The van der Waals surface area contributed by atoms with Gasteiger partial charge in [-0.2, -0.15) is 0 Å². The minimum atomic E-state index is -0.672. The van der Waals surface area contributed by atoms with Crippen LogP contribution in [0.15, 0.2) is 72.8 Å². The number of carbonyl (C=O) groups excluding carboxylic acids is 2. The number of benzene rings is 3. The van der Waals surface area contributed by atoms with Gasteiger partial charge in [-0.1, -0.05) is 18.2 Å². The first-order valence-electron chi connectivity index (χ1n) is 8.45. The number of hydrogen-bond acceptors (Lipinski definition) is 3. The monoisotopic (exact) mass is 379 g/mol. The van der Waals surface area contributed by atoms with Crippen molar-refractivity contribution in [2.45, 2.75) is 6.61 Å². The van der Waals surface area contributed by atoms with E-state index in [4.69, 9.17) is 10.5 Å². The summed E-state index contributed by atoms with van der Waals surface area (Å²) in [4.78, 5) is 23.2. The highest BCUT2D eigenvalue weighted by atomic mass is 19.1. The van der Waals surface area contributed by atoms with Gasteiger partial charge >= 0.3 is 6.03 Å². The Balaban J connectivity index is 1.62. The topological polar surface area (TPSA) is 93.5 Å². The van der Waals surface area contributed by atoms with Crippen LogP contribution in [0.2, 0.25) is 0 Å². The molecular formula is C21H18FN3O3. The lowest BCUT2D eigenvalue weighted by atomic mass is 10.1. The average molecular weight is 379 g/mol. The van der Waals surface area contributed by atoms with E-state index < -0.39 is 6.03 Å². The predicted molar refractivity (Wildman–Crippen MR) is 105 cm³/mol. The SMILES string of the molecule is NC(=O)Nc1ccc(C(=O)Nc2cccc(COc3cccc(F)c3)c2)cc1. The van der Waals surface area contributed by atoms with E-state index in [1.807, 2.05) is 6.07 Å². The van der Waals surface area contributed by atoms with Crippen LogP contribution in [-0.2, 0) is 6.61 Å². The molecule has 0 atom stereocenters. The third-order valence-corrected chi connectivity index (χ3v) is 3.80. The minimum Gasteiger partial charge on any atom is -0.489 e. The molecule has 3 aromatic carbocycles. The number of nitrogens with one attached hydrogen (secondary N) is 2. The number of amides is 3. The lowest BCUT2D eigenvalue weighted by molar-refractivity contribution is 0.102. The van der Waals surface area contributed by atoms with Gasteiger partial charge in [0.15, 0.2) is 0 Å². The van der Waals surface area contributed by atoms with Crippen LogP contribution in [0.1, 0.15) is 15.9 Å². The second-order valence-corrected chi connectivity index (χ2v) is 5.97. The van der Waals surface area contributed by atoms with Crippen LogP contribution in [0, 0.1) is 5.82 Å². The van der Waals surface area contributed by atoms with Crippen LogP contribution in [0.25, 0.3) is 0 Å². The van der Waals surface area contributed by atoms with E-state index in [2.05, 4.69) is 10.6 Å². The van der Waals surface area contributed by atoms with Crippen molar-refractivity contribution in [2.24, 2.45) is 5.73 Å². The van der Waals surface area contributed by atoms with Crippen molar-refractivity contribution in [2.75, 3.05) is 10.6 Å². The second-order valence-electron chi connectivity index (χ2n) is 5.97. The van der Waals surface area contributed by atoms with Gasteiger partial charge in [-0.05, 0) is 54.1 Å². The maximum atomic E-state index is 13.2. The van der Waals surface area contributed by atoms with E-state index in [1.54, 1.807) is 54.6 Å². The number of anilines is 2. The summed E-state index contributed by atoms with van der Waals surface area (Å²) in [7, 11) is 0. The van der Waals surface area contributed by atoms with E-state index in [-0.39, 0.29) is 18.3 Å². The Morgan fingerprint density at radius 2 is 1.64 bits per heavy atom. The van der Waals surface area contributed by atoms with Crippen LogP contribution in [0.3, 0.4) is 0 Å². The first kappa shape index (κ1) is 18.9. The molecule has 0 aromatic heterocycles. The fourth-order valence-electron chi connectivity index (χ4n) is 2.51. The van der Waals surface area contributed by atoms with Gasteiger partial charge in [0.2, 0.25) is 0 Å². The first-order chi connectivity index (χ1) is 13.5. The van der Waals surface area contributed by atoms with E-state index in [1.165, 1.54) is 12.1 Å². The van der Waals surface area contributed by atoms with Gasteiger partial charge in [0.25, 0.3) is 5.91 Å². The molecule has 0 saturated heterocycles. The molecule has 142 valence electrons. The number of hydrogen-bond donors (Lipinski definition) is 3. The van der Waals surface area contributed by atoms with Crippen LogP contribution in [0.4, 0.5) is 20.6 Å². The minimum absolute atomic E-state index is 0.237. The summed E-state index contributed by atoms with van der Waals surface area (Å²) in [5.41, 5.74) is 7.40. The van der Waals surface area contributed by atoms with Crippen LogP contribution < -0.4 is 21.1 Å². The number of carbonyl (C=O) groups is 2. The van der Waals surface area contributed by atoms with Gasteiger partial charge in [0.05, 0.1) is 0 Å². The summed E-state index contributed by atoms with van der Waals surface area (Å²) in [6.07, 6.45) is 0. The van der Waals surface area contributed by atoms with Crippen molar-refractivity contribution < 1.29 is 18.7 Å². The predicted octanol–water partition coefficient (Wildman–Crippen LogP) is 4.15. The number of ether oxygens (including phenoxy) is 1. The van der Waals surface area contributed by atoms with Gasteiger partial charge in [0.1, 0.15) is 18.2 Å². The molecule has 0 aliphatic carbocycles. The smallest absolute Gasteiger partial charge is 0.316 e. The normalized spacial score (nSPS) is 10.2. The highest BCUT2D eigenvalue weighted by Gasteiger charge is 2.07. The zero-order chi connectivity index (χ0) is 19.9. The standard InChI is InChI=1S/C21H18FN3O3/c22-16-4-2-6-19(12-16)28-13-14-3-1-5-18(11-14)24-20(26)15-7-9-17(10-8-15)25-21(23)27/h1-12H,13H2,(H,24,26)(H3,23,25,27). The molecule has 0 spiro atoms. The quantitative estimate of drug-likeness (QED) is 0.601. The molecule has 7 heteroatoms. The summed E-state index contributed by atoms with van der Waals surface area (Å²) in [5.74, 6) is -0.233. The molecule has 0 radical (unpaired) electrons. The van der Waals surface area contributed by atoms with Crippen molar-refractivity contribution in [3.05, 3.63) is 89.7 Å². The highest BCUT2D eigenvalue weighted by molar-refractivity contribution is 6.04. The Hall–Kier alpha value is -3.87. The number of rotatable bonds is 6. The second kappa shape index (κ2) is 8.68. The lowest BCUT2D eigenvalue weighted by Gasteiger charge is -2.10. The fraction of sp³-hybridized carbons (Fsp3) is 0.0476. The average Bonchev–Trinajstić information content (AvgIpc) is 2.67. The van der Waals surface area contributed by atoms with Gasteiger partial charge in [-0.25, -0.2) is 9.18 Å². The molecule has 28 heavy (non-hydrogen) atoms. The molecule has 0 aliphatic rings. The summed E-state index contributed by atoms with van der Waals surface area (Å²) in [6, 6.07) is 18.7. The third-order valence-electron chi connectivity index (χ3n) is 3.80. The molecule has 0 unspecified atom stereocenters.